The minimum atomic E-state index is 0.496. The average molecular weight is 224 g/mol. The number of nitrogens with zero attached hydrogens (tertiary/aromatic N) is 2. The van der Waals surface area contributed by atoms with Crippen LogP contribution in [0.3, 0.4) is 0 Å². The summed E-state index contributed by atoms with van der Waals surface area (Å²) in [6, 6.07) is 7.55. The minimum Gasteiger partial charge on any atom is -0.397 e. The van der Waals surface area contributed by atoms with Gasteiger partial charge < -0.3 is 10.6 Å². The molecular formula is C11H14ClN3. The summed E-state index contributed by atoms with van der Waals surface area (Å²) in [6.45, 7) is 3.55. The molecule has 0 unspecified atom stereocenters. The molecule has 0 fully saturated rings. The highest BCUT2D eigenvalue weighted by molar-refractivity contribution is 6.31. The van der Waals surface area contributed by atoms with Crippen molar-refractivity contribution in [2.45, 2.75) is 13.3 Å². The molecule has 1 aromatic carbocycles. The van der Waals surface area contributed by atoms with E-state index in [9.17, 15) is 0 Å². The zero-order valence-electron chi connectivity index (χ0n) is 8.70. The maximum absolute atomic E-state index is 8.54. The number of halogens is 1. The standard InChI is InChI=1S/C11H14ClN3/c1-2-15(7-3-6-13)11-5-4-9(12)8-10(11)14/h4-5,8H,2-3,7,14H2,1H3. The molecule has 0 spiro atoms. The molecule has 4 heteroatoms. The molecule has 0 saturated heterocycles. The highest BCUT2D eigenvalue weighted by Gasteiger charge is 2.07. The summed E-state index contributed by atoms with van der Waals surface area (Å²) in [6.07, 6.45) is 0.496. The van der Waals surface area contributed by atoms with Gasteiger partial charge in [-0.3, -0.25) is 0 Å². The van der Waals surface area contributed by atoms with E-state index in [1.54, 1.807) is 6.07 Å². The minimum absolute atomic E-state index is 0.496. The van der Waals surface area contributed by atoms with Gasteiger partial charge in [0.1, 0.15) is 0 Å². The van der Waals surface area contributed by atoms with Gasteiger partial charge in [0.15, 0.2) is 0 Å². The summed E-state index contributed by atoms with van der Waals surface area (Å²) in [5, 5.41) is 9.17. The molecule has 0 amide bonds. The van der Waals surface area contributed by atoms with E-state index in [1.807, 2.05) is 19.1 Å². The van der Waals surface area contributed by atoms with Crippen molar-refractivity contribution in [2.75, 3.05) is 23.7 Å². The highest BCUT2D eigenvalue weighted by Crippen LogP contribution is 2.26. The topological polar surface area (TPSA) is 53.0 Å². The van der Waals surface area contributed by atoms with E-state index in [1.165, 1.54) is 0 Å². The number of nitrogen functional groups attached to an aromatic ring is 1. The van der Waals surface area contributed by atoms with Crippen LogP contribution in [0.1, 0.15) is 13.3 Å². The van der Waals surface area contributed by atoms with Gasteiger partial charge in [-0.2, -0.15) is 5.26 Å². The van der Waals surface area contributed by atoms with E-state index >= 15 is 0 Å². The third kappa shape index (κ3) is 3.03. The van der Waals surface area contributed by atoms with E-state index in [-0.39, 0.29) is 0 Å². The number of benzene rings is 1. The quantitative estimate of drug-likeness (QED) is 0.799. The van der Waals surface area contributed by atoms with Crippen molar-refractivity contribution in [3.63, 3.8) is 0 Å². The second-order valence-corrected chi connectivity index (χ2v) is 3.63. The number of hydrogen-bond acceptors (Lipinski definition) is 3. The zero-order chi connectivity index (χ0) is 11.3. The van der Waals surface area contributed by atoms with Crippen LogP contribution in [-0.4, -0.2) is 13.1 Å². The molecule has 0 heterocycles. The molecule has 0 aliphatic rings. The van der Waals surface area contributed by atoms with E-state index in [2.05, 4.69) is 11.0 Å². The summed E-state index contributed by atoms with van der Waals surface area (Å²) in [5.74, 6) is 0. The van der Waals surface area contributed by atoms with Gasteiger partial charge in [-0.1, -0.05) is 11.6 Å². The van der Waals surface area contributed by atoms with Crippen molar-refractivity contribution in [1.29, 1.82) is 5.26 Å². The van der Waals surface area contributed by atoms with Crippen LogP contribution in [0.5, 0.6) is 0 Å². The van der Waals surface area contributed by atoms with Gasteiger partial charge in [-0.05, 0) is 25.1 Å². The Morgan fingerprint density at radius 3 is 2.80 bits per heavy atom. The number of hydrogen-bond donors (Lipinski definition) is 1. The number of rotatable bonds is 4. The molecule has 0 aromatic heterocycles. The molecule has 0 aliphatic carbocycles. The molecule has 15 heavy (non-hydrogen) atoms. The van der Waals surface area contributed by atoms with Crippen molar-refractivity contribution in [3.05, 3.63) is 23.2 Å². The third-order valence-corrected chi connectivity index (χ3v) is 2.44. The summed E-state index contributed by atoms with van der Waals surface area (Å²) in [7, 11) is 0. The predicted octanol–water partition coefficient (Wildman–Crippen LogP) is 2.66. The van der Waals surface area contributed by atoms with Gasteiger partial charge in [0.05, 0.1) is 23.9 Å². The van der Waals surface area contributed by atoms with E-state index in [4.69, 9.17) is 22.6 Å². The van der Waals surface area contributed by atoms with Crippen molar-refractivity contribution in [2.24, 2.45) is 0 Å². The predicted molar refractivity (Wildman–Crippen MR) is 64.0 cm³/mol. The molecule has 0 atom stereocenters. The lowest BCUT2D eigenvalue weighted by Gasteiger charge is -2.23. The first kappa shape index (κ1) is 11.7. The third-order valence-electron chi connectivity index (χ3n) is 2.21. The van der Waals surface area contributed by atoms with Crippen LogP contribution in [-0.2, 0) is 0 Å². The van der Waals surface area contributed by atoms with Gasteiger partial charge >= 0.3 is 0 Å². The Morgan fingerprint density at radius 1 is 1.53 bits per heavy atom. The second kappa shape index (κ2) is 5.47. The van der Waals surface area contributed by atoms with Gasteiger partial charge in [0.2, 0.25) is 0 Å². The van der Waals surface area contributed by atoms with E-state index in [0.717, 1.165) is 12.2 Å². The van der Waals surface area contributed by atoms with Crippen LogP contribution in [0.15, 0.2) is 18.2 Å². The lowest BCUT2D eigenvalue weighted by molar-refractivity contribution is 0.828. The normalized spacial score (nSPS) is 9.67. The molecule has 0 aliphatic heterocycles. The summed E-state index contributed by atoms with van der Waals surface area (Å²) >= 11 is 5.82. The van der Waals surface area contributed by atoms with Crippen molar-refractivity contribution >= 4 is 23.0 Å². The highest BCUT2D eigenvalue weighted by atomic mass is 35.5. The zero-order valence-corrected chi connectivity index (χ0v) is 9.46. The Labute approximate surface area is 95.1 Å². The molecule has 1 aromatic rings. The Hall–Kier alpha value is -1.40. The van der Waals surface area contributed by atoms with E-state index < -0.39 is 0 Å². The number of nitrogens with two attached hydrogens (primary N) is 1. The van der Waals surface area contributed by atoms with Gasteiger partial charge in [-0.25, -0.2) is 0 Å². The maximum atomic E-state index is 8.54. The molecule has 3 nitrogen and oxygen atoms in total. The van der Waals surface area contributed by atoms with E-state index in [0.29, 0.717) is 23.7 Å². The fourth-order valence-electron chi connectivity index (χ4n) is 1.45. The first-order valence-corrected chi connectivity index (χ1v) is 5.23. The Morgan fingerprint density at radius 2 is 2.27 bits per heavy atom. The molecule has 80 valence electrons. The molecular weight excluding hydrogens is 210 g/mol. The fraction of sp³-hybridized carbons (Fsp3) is 0.364. The second-order valence-electron chi connectivity index (χ2n) is 3.19. The van der Waals surface area contributed by atoms with Crippen LogP contribution in [0.4, 0.5) is 11.4 Å². The molecule has 0 saturated carbocycles. The summed E-state index contributed by atoms with van der Waals surface area (Å²) in [4.78, 5) is 2.06. The summed E-state index contributed by atoms with van der Waals surface area (Å²) < 4.78 is 0. The largest absolute Gasteiger partial charge is 0.397 e. The van der Waals surface area contributed by atoms with Crippen LogP contribution >= 0.6 is 11.6 Å². The number of nitriles is 1. The number of anilines is 2. The van der Waals surface area contributed by atoms with Crippen LogP contribution in [0, 0.1) is 11.3 Å². The Balaban J connectivity index is 2.87. The molecule has 1 rings (SSSR count). The summed E-state index contributed by atoms with van der Waals surface area (Å²) in [5.41, 5.74) is 7.46. The van der Waals surface area contributed by atoms with Crippen molar-refractivity contribution in [3.8, 4) is 6.07 Å². The lowest BCUT2D eigenvalue weighted by Crippen LogP contribution is -2.24. The molecule has 0 bridgehead atoms. The van der Waals surface area contributed by atoms with Crippen LogP contribution < -0.4 is 10.6 Å². The monoisotopic (exact) mass is 223 g/mol. The van der Waals surface area contributed by atoms with Gasteiger partial charge in [-0.15, -0.1) is 0 Å². The first-order chi connectivity index (χ1) is 7.19. The lowest BCUT2D eigenvalue weighted by atomic mass is 10.2. The molecule has 2 N–H and O–H groups in total. The average Bonchev–Trinajstić information content (AvgIpc) is 2.21. The fourth-order valence-corrected chi connectivity index (χ4v) is 1.63. The first-order valence-electron chi connectivity index (χ1n) is 4.86. The molecule has 0 radical (unpaired) electrons. The SMILES string of the molecule is CCN(CCC#N)c1ccc(Cl)cc1N. The van der Waals surface area contributed by atoms with Crippen molar-refractivity contribution in [1.82, 2.24) is 0 Å². The Bertz CT molecular complexity index is 371. The van der Waals surface area contributed by atoms with Crippen LogP contribution in [0.25, 0.3) is 0 Å². The van der Waals surface area contributed by atoms with Crippen molar-refractivity contribution < 1.29 is 0 Å². The smallest absolute Gasteiger partial charge is 0.0640 e. The van der Waals surface area contributed by atoms with Gasteiger partial charge in [0, 0.05) is 18.1 Å². The maximum Gasteiger partial charge on any atom is 0.0640 e. The Kier molecular flexibility index (Phi) is 4.26. The van der Waals surface area contributed by atoms with Crippen LogP contribution in [0.2, 0.25) is 5.02 Å². The van der Waals surface area contributed by atoms with Gasteiger partial charge in [0.25, 0.3) is 0 Å².